The molecule has 0 saturated heterocycles. The van der Waals surface area contributed by atoms with E-state index in [9.17, 15) is 19.5 Å². The van der Waals surface area contributed by atoms with Gasteiger partial charge in [-0.25, -0.2) is 4.79 Å². The first-order valence-electron chi connectivity index (χ1n) is 9.79. The molecule has 0 aromatic heterocycles. The van der Waals surface area contributed by atoms with E-state index in [2.05, 4.69) is 10.6 Å². The number of carboxylic acid groups (broad SMARTS) is 1. The van der Waals surface area contributed by atoms with Crippen LogP contribution in [0.15, 0.2) is 11.6 Å². The Labute approximate surface area is 175 Å². The number of likely N-dealkylation sites (N-methyl/N-ethyl adjacent to an activating group) is 2. The van der Waals surface area contributed by atoms with Gasteiger partial charge in [0.2, 0.25) is 11.8 Å². The van der Waals surface area contributed by atoms with E-state index >= 15 is 0 Å². The Morgan fingerprint density at radius 3 is 2.03 bits per heavy atom. The number of hydrogen-bond donors (Lipinski definition) is 3. The van der Waals surface area contributed by atoms with E-state index in [1.807, 2.05) is 34.6 Å². The van der Waals surface area contributed by atoms with Gasteiger partial charge in [-0.3, -0.25) is 9.59 Å². The lowest BCUT2D eigenvalue weighted by Crippen LogP contribution is -2.63. The summed E-state index contributed by atoms with van der Waals surface area (Å²) in [5.74, 6) is -1.66. The molecule has 0 radical (unpaired) electrons. The van der Waals surface area contributed by atoms with Gasteiger partial charge in [-0.1, -0.05) is 40.7 Å². The van der Waals surface area contributed by atoms with Crippen LogP contribution in [0.4, 0.5) is 0 Å². The van der Waals surface area contributed by atoms with Gasteiger partial charge in [-0.2, -0.15) is 0 Å². The number of nitrogens with one attached hydrogen (secondary N) is 2. The summed E-state index contributed by atoms with van der Waals surface area (Å²) >= 11 is 0. The second-order valence-corrected chi connectivity index (χ2v) is 9.13. The van der Waals surface area contributed by atoms with E-state index in [1.54, 1.807) is 27.1 Å². The monoisotopic (exact) mass is 413 g/mol. The molecule has 29 heavy (non-hydrogen) atoms. The van der Waals surface area contributed by atoms with Gasteiger partial charge in [0, 0.05) is 19.7 Å². The summed E-state index contributed by atoms with van der Waals surface area (Å²) in [7, 11) is 4.80. The zero-order valence-corrected chi connectivity index (χ0v) is 19.5. The van der Waals surface area contributed by atoms with Gasteiger partial charge in [0.15, 0.2) is 0 Å². The van der Waals surface area contributed by atoms with Crippen LogP contribution in [0, 0.1) is 11.3 Å². The lowest BCUT2D eigenvalue weighted by molar-refractivity contribution is -0.142. The molecule has 2 amide bonds. The van der Waals surface area contributed by atoms with Crippen molar-refractivity contribution in [2.45, 2.75) is 66.1 Å². The van der Waals surface area contributed by atoms with Crippen molar-refractivity contribution in [2.24, 2.45) is 11.3 Å². The minimum atomic E-state index is -1.03. The van der Waals surface area contributed by atoms with Gasteiger partial charge < -0.3 is 25.4 Å². The maximum Gasteiger partial charge on any atom is 0.331 e. The summed E-state index contributed by atoms with van der Waals surface area (Å²) in [5, 5.41) is 15.0. The first-order valence-corrected chi connectivity index (χ1v) is 9.79. The number of ether oxygens (including phenoxy) is 1. The van der Waals surface area contributed by atoms with E-state index in [1.165, 1.54) is 18.9 Å². The third-order valence-electron chi connectivity index (χ3n) is 5.11. The van der Waals surface area contributed by atoms with Crippen LogP contribution in [0.25, 0.3) is 0 Å². The van der Waals surface area contributed by atoms with Gasteiger partial charge in [0.05, 0.1) is 12.6 Å². The van der Waals surface area contributed by atoms with Crippen LogP contribution >= 0.6 is 0 Å². The Hall–Kier alpha value is -1.93. The minimum Gasteiger partial charge on any atom is -0.478 e. The van der Waals surface area contributed by atoms with E-state index in [0.717, 1.165) is 0 Å². The molecule has 0 bridgehead atoms. The number of carbonyl (C=O) groups is 3. The summed E-state index contributed by atoms with van der Waals surface area (Å²) in [6, 6.07) is -1.22. The third-order valence-corrected chi connectivity index (χ3v) is 5.11. The quantitative estimate of drug-likeness (QED) is 0.470. The Morgan fingerprint density at radius 2 is 1.69 bits per heavy atom. The molecule has 0 spiro atoms. The van der Waals surface area contributed by atoms with Crippen LogP contribution in [0.2, 0.25) is 0 Å². The fourth-order valence-corrected chi connectivity index (χ4v) is 2.91. The van der Waals surface area contributed by atoms with Crippen molar-refractivity contribution in [2.75, 3.05) is 27.8 Å². The lowest BCUT2D eigenvalue weighted by atomic mass is 9.84. The Morgan fingerprint density at radius 1 is 1.17 bits per heavy atom. The second-order valence-electron chi connectivity index (χ2n) is 9.13. The largest absolute Gasteiger partial charge is 0.478 e. The molecule has 3 N–H and O–H groups in total. The summed E-state index contributed by atoms with van der Waals surface area (Å²) in [6.45, 7) is 12.8. The number of methoxy groups -OCH3 is 1. The van der Waals surface area contributed by atoms with Gasteiger partial charge in [0.25, 0.3) is 0 Å². The SMILES string of the molecule is CNC(C)(COC)C(=O)NC(C(=O)N(C)[C@H](/C=C(\C)C(=O)O)C(C)C)C(C)(C)C. The fourth-order valence-electron chi connectivity index (χ4n) is 2.91. The maximum absolute atomic E-state index is 13.4. The molecule has 0 rings (SSSR count). The van der Waals surface area contributed by atoms with Gasteiger partial charge >= 0.3 is 5.97 Å². The molecular formula is C21H39N3O5. The topological polar surface area (TPSA) is 108 Å². The predicted molar refractivity (Wildman–Crippen MR) is 114 cm³/mol. The van der Waals surface area contributed by atoms with Crippen molar-refractivity contribution < 1.29 is 24.2 Å². The number of rotatable bonds is 10. The zero-order valence-electron chi connectivity index (χ0n) is 19.5. The average molecular weight is 414 g/mol. The number of nitrogens with zero attached hydrogens (tertiary/aromatic N) is 1. The second kappa shape index (κ2) is 10.7. The lowest BCUT2D eigenvalue weighted by Gasteiger charge is -2.39. The highest BCUT2D eigenvalue weighted by Crippen LogP contribution is 2.24. The van der Waals surface area contributed by atoms with Crippen molar-refractivity contribution in [1.82, 2.24) is 15.5 Å². The van der Waals surface area contributed by atoms with Gasteiger partial charge in [-0.05, 0) is 32.2 Å². The summed E-state index contributed by atoms with van der Waals surface area (Å²) < 4.78 is 5.15. The molecule has 168 valence electrons. The van der Waals surface area contributed by atoms with Crippen molar-refractivity contribution in [3.05, 3.63) is 11.6 Å². The average Bonchev–Trinajstić information content (AvgIpc) is 2.61. The number of amides is 2. The molecule has 0 saturated carbocycles. The van der Waals surface area contributed by atoms with Gasteiger partial charge in [0.1, 0.15) is 11.6 Å². The molecule has 0 aliphatic carbocycles. The van der Waals surface area contributed by atoms with Crippen LogP contribution in [0.1, 0.15) is 48.5 Å². The van der Waals surface area contributed by atoms with Crippen LogP contribution < -0.4 is 10.6 Å². The third kappa shape index (κ3) is 7.44. The van der Waals surface area contributed by atoms with Crippen LogP contribution in [0.3, 0.4) is 0 Å². The normalized spacial score (nSPS) is 16.7. The number of hydrogen-bond acceptors (Lipinski definition) is 5. The van der Waals surface area contributed by atoms with Crippen molar-refractivity contribution in [3.8, 4) is 0 Å². The minimum absolute atomic E-state index is 0.00867. The molecule has 0 fully saturated rings. The highest BCUT2D eigenvalue weighted by molar-refractivity contribution is 5.92. The van der Waals surface area contributed by atoms with Crippen molar-refractivity contribution >= 4 is 17.8 Å². The Balaban J connectivity index is 5.89. The molecule has 0 aromatic rings. The zero-order chi connectivity index (χ0) is 23.2. The Kier molecular flexibility index (Phi) is 10.0. The molecule has 3 atom stereocenters. The molecule has 0 aliphatic rings. The molecule has 0 aromatic carbocycles. The van der Waals surface area contributed by atoms with E-state index in [4.69, 9.17) is 4.74 Å². The smallest absolute Gasteiger partial charge is 0.331 e. The summed E-state index contributed by atoms with van der Waals surface area (Å²) in [6.07, 6.45) is 1.58. The van der Waals surface area contributed by atoms with Crippen LogP contribution in [-0.4, -0.2) is 73.2 Å². The number of carboxylic acids is 1. The van der Waals surface area contributed by atoms with Gasteiger partial charge in [-0.15, -0.1) is 0 Å². The highest BCUT2D eigenvalue weighted by Gasteiger charge is 2.41. The molecule has 0 aliphatic heterocycles. The van der Waals surface area contributed by atoms with Crippen LogP contribution in [-0.2, 0) is 19.1 Å². The number of carbonyl (C=O) groups excluding carboxylic acids is 2. The van der Waals surface area contributed by atoms with E-state index < -0.39 is 29.0 Å². The van der Waals surface area contributed by atoms with E-state index in [-0.39, 0.29) is 29.9 Å². The predicted octanol–water partition coefficient (Wildman–Crippen LogP) is 1.66. The Bertz CT molecular complexity index is 624. The van der Waals surface area contributed by atoms with E-state index in [0.29, 0.717) is 0 Å². The molecule has 8 nitrogen and oxygen atoms in total. The summed E-state index contributed by atoms with van der Waals surface area (Å²) in [4.78, 5) is 39.1. The molecule has 2 unspecified atom stereocenters. The first kappa shape index (κ1) is 27.1. The standard InChI is InChI=1S/C21H39N3O5/c1-13(2)15(11-14(3)18(26)27)24(9)17(25)16(20(4,5)6)23-19(28)21(7,22-8)12-29-10/h11,13,15-16,22H,12H2,1-10H3,(H,23,28)(H,26,27)/b14-11+/t15-,16?,21?/m1/s1. The molecule has 8 heteroatoms. The fraction of sp³-hybridized carbons (Fsp3) is 0.762. The van der Waals surface area contributed by atoms with Crippen LogP contribution in [0.5, 0.6) is 0 Å². The molecule has 0 heterocycles. The van der Waals surface area contributed by atoms with Crippen molar-refractivity contribution in [3.63, 3.8) is 0 Å². The first-order chi connectivity index (χ1) is 13.1. The molecular weight excluding hydrogens is 374 g/mol. The highest BCUT2D eigenvalue weighted by atomic mass is 16.5. The summed E-state index contributed by atoms with van der Waals surface area (Å²) in [5.41, 5.74) is -1.38. The van der Waals surface area contributed by atoms with Crippen molar-refractivity contribution in [1.29, 1.82) is 0 Å². The maximum atomic E-state index is 13.4. The number of aliphatic carboxylic acids is 1.